The zero-order valence-corrected chi connectivity index (χ0v) is 15.0. The molecule has 28 heavy (non-hydrogen) atoms. The number of nitrogens with zero attached hydrogens (tertiary/aromatic N) is 1. The van der Waals surface area contributed by atoms with Gasteiger partial charge in [-0.3, -0.25) is 19.3 Å². The monoisotopic (exact) mass is 384 g/mol. The molecule has 1 N–H and O–H groups in total. The maximum Gasteiger partial charge on any atom is 0.329 e. The summed E-state index contributed by atoms with van der Waals surface area (Å²) >= 11 is 0. The molecule has 3 amide bonds. The Morgan fingerprint density at radius 3 is 2.18 bits per heavy atom. The van der Waals surface area contributed by atoms with Crippen LogP contribution in [-0.4, -0.2) is 41.2 Å². The fraction of sp³-hybridized carbons (Fsp3) is 0.200. The summed E-state index contributed by atoms with van der Waals surface area (Å²) in [6, 6.07) is 10.7. The van der Waals surface area contributed by atoms with Crippen LogP contribution in [0.15, 0.2) is 48.5 Å². The third-order valence-electron chi connectivity index (χ3n) is 4.30. The molecule has 1 heterocycles. The minimum Gasteiger partial charge on any atom is -0.454 e. The van der Waals surface area contributed by atoms with Crippen molar-refractivity contribution in [2.24, 2.45) is 0 Å². The second-order valence-electron chi connectivity index (χ2n) is 6.21. The topological polar surface area (TPSA) is 92.8 Å². The van der Waals surface area contributed by atoms with Gasteiger partial charge in [0.25, 0.3) is 17.7 Å². The standard InChI is InChI=1S/C20H17FN2O5/c1-12(23-18(25)15-4-2-3-5-16(15)19(23)26)20(27)28-11-17(24)22-10-13-6-8-14(21)9-7-13/h2-9,12H,10-11H2,1H3,(H,22,24)/t12-/m1/s1. The van der Waals surface area contributed by atoms with Crippen LogP contribution in [0.1, 0.15) is 33.2 Å². The maximum absolute atomic E-state index is 12.8. The van der Waals surface area contributed by atoms with E-state index in [0.29, 0.717) is 5.56 Å². The number of halogens is 1. The smallest absolute Gasteiger partial charge is 0.329 e. The van der Waals surface area contributed by atoms with Gasteiger partial charge in [-0.1, -0.05) is 24.3 Å². The Morgan fingerprint density at radius 1 is 1.04 bits per heavy atom. The number of carbonyl (C=O) groups is 4. The zero-order valence-electron chi connectivity index (χ0n) is 15.0. The molecule has 0 bridgehead atoms. The SMILES string of the molecule is C[C@H](C(=O)OCC(=O)NCc1ccc(F)cc1)N1C(=O)c2ccccc2C1=O. The Labute approximate surface area is 160 Å². The van der Waals surface area contributed by atoms with E-state index in [1.54, 1.807) is 12.1 Å². The number of fused-ring (bicyclic) bond motifs is 1. The van der Waals surface area contributed by atoms with E-state index >= 15 is 0 Å². The quantitative estimate of drug-likeness (QED) is 0.604. The molecule has 2 aromatic carbocycles. The van der Waals surface area contributed by atoms with Gasteiger partial charge in [0.15, 0.2) is 6.61 Å². The average molecular weight is 384 g/mol. The summed E-state index contributed by atoms with van der Waals surface area (Å²) < 4.78 is 17.8. The van der Waals surface area contributed by atoms with Crippen LogP contribution >= 0.6 is 0 Å². The van der Waals surface area contributed by atoms with Crippen molar-refractivity contribution in [3.8, 4) is 0 Å². The van der Waals surface area contributed by atoms with Gasteiger partial charge in [0, 0.05) is 6.54 Å². The number of rotatable bonds is 6. The molecule has 8 heteroatoms. The number of esters is 1. The minimum absolute atomic E-state index is 0.143. The lowest BCUT2D eigenvalue weighted by Gasteiger charge is -2.20. The molecule has 0 aliphatic carbocycles. The van der Waals surface area contributed by atoms with Crippen molar-refractivity contribution in [1.82, 2.24) is 10.2 Å². The highest BCUT2D eigenvalue weighted by molar-refractivity contribution is 6.22. The Balaban J connectivity index is 1.52. The average Bonchev–Trinajstić information content (AvgIpc) is 2.96. The lowest BCUT2D eigenvalue weighted by molar-refractivity contribution is -0.151. The van der Waals surface area contributed by atoms with Crippen molar-refractivity contribution < 1.29 is 28.3 Å². The molecular formula is C20H17FN2O5. The highest BCUT2D eigenvalue weighted by atomic mass is 19.1. The van der Waals surface area contributed by atoms with Gasteiger partial charge in [-0.2, -0.15) is 0 Å². The highest BCUT2D eigenvalue weighted by Crippen LogP contribution is 2.24. The molecule has 1 atom stereocenters. The lowest BCUT2D eigenvalue weighted by Crippen LogP contribution is -2.44. The second kappa shape index (κ2) is 7.99. The first kappa shape index (κ1) is 19.2. The molecule has 0 radical (unpaired) electrons. The Morgan fingerprint density at radius 2 is 1.61 bits per heavy atom. The lowest BCUT2D eigenvalue weighted by atomic mass is 10.1. The molecular weight excluding hydrogens is 367 g/mol. The van der Waals surface area contributed by atoms with Gasteiger partial charge < -0.3 is 10.1 Å². The number of hydrogen-bond acceptors (Lipinski definition) is 5. The van der Waals surface area contributed by atoms with E-state index in [1.165, 1.54) is 43.3 Å². The van der Waals surface area contributed by atoms with Gasteiger partial charge in [-0.25, -0.2) is 9.18 Å². The second-order valence-corrected chi connectivity index (χ2v) is 6.21. The van der Waals surface area contributed by atoms with E-state index in [-0.39, 0.29) is 23.5 Å². The van der Waals surface area contributed by atoms with Crippen LogP contribution in [0, 0.1) is 5.82 Å². The highest BCUT2D eigenvalue weighted by Gasteiger charge is 2.41. The van der Waals surface area contributed by atoms with Gasteiger partial charge in [0.2, 0.25) is 0 Å². The van der Waals surface area contributed by atoms with Crippen LogP contribution in [-0.2, 0) is 20.9 Å². The van der Waals surface area contributed by atoms with Crippen LogP contribution in [0.25, 0.3) is 0 Å². The summed E-state index contributed by atoms with van der Waals surface area (Å²) in [6.07, 6.45) is 0. The Hall–Kier alpha value is -3.55. The van der Waals surface area contributed by atoms with Crippen LogP contribution in [0.4, 0.5) is 4.39 Å². The first-order valence-electron chi connectivity index (χ1n) is 8.53. The van der Waals surface area contributed by atoms with Crippen molar-refractivity contribution in [1.29, 1.82) is 0 Å². The van der Waals surface area contributed by atoms with Crippen molar-refractivity contribution >= 4 is 23.7 Å². The molecule has 0 spiro atoms. The number of nitrogens with one attached hydrogen (secondary N) is 1. The molecule has 144 valence electrons. The van der Waals surface area contributed by atoms with Crippen molar-refractivity contribution in [2.75, 3.05) is 6.61 Å². The molecule has 3 rings (SSSR count). The van der Waals surface area contributed by atoms with Crippen molar-refractivity contribution in [2.45, 2.75) is 19.5 Å². The first-order valence-corrected chi connectivity index (χ1v) is 8.53. The van der Waals surface area contributed by atoms with Crippen LogP contribution < -0.4 is 5.32 Å². The third kappa shape index (κ3) is 3.90. The summed E-state index contributed by atoms with van der Waals surface area (Å²) in [4.78, 5) is 49.6. The predicted molar refractivity (Wildman–Crippen MR) is 95.6 cm³/mol. The van der Waals surface area contributed by atoms with Gasteiger partial charge in [0.1, 0.15) is 11.9 Å². The summed E-state index contributed by atoms with van der Waals surface area (Å²) in [5.74, 6) is -2.97. The molecule has 2 aromatic rings. The summed E-state index contributed by atoms with van der Waals surface area (Å²) in [5.41, 5.74) is 1.13. The molecule has 0 fully saturated rings. The first-order chi connectivity index (χ1) is 13.4. The third-order valence-corrected chi connectivity index (χ3v) is 4.30. The largest absolute Gasteiger partial charge is 0.454 e. The molecule has 0 unspecified atom stereocenters. The van der Waals surface area contributed by atoms with E-state index in [4.69, 9.17) is 4.74 Å². The Bertz CT molecular complexity index is 907. The molecule has 0 aromatic heterocycles. The number of imide groups is 1. The fourth-order valence-corrected chi connectivity index (χ4v) is 2.78. The van der Waals surface area contributed by atoms with Crippen molar-refractivity contribution in [3.05, 3.63) is 71.0 Å². The summed E-state index contributed by atoms with van der Waals surface area (Å²) in [5, 5.41) is 2.53. The fourth-order valence-electron chi connectivity index (χ4n) is 2.78. The predicted octanol–water partition coefficient (Wildman–Crippen LogP) is 1.67. The van der Waals surface area contributed by atoms with Crippen LogP contribution in [0.5, 0.6) is 0 Å². The van der Waals surface area contributed by atoms with Gasteiger partial charge >= 0.3 is 5.97 Å². The molecule has 0 saturated carbocycles. The van der Waals surface area contributed by atoms with E-state index in [0.717, 1.165) is 4.90 Å². The van der Waals surface area contributed by atoms with E-state index < -0.39 is 36.3 Å². The normalized spacial score (nSPS) is 13.9. The number of hydrogen-bond donors (Lipinski definition) is 1. The minimum atomic E-state index is -1.17. The number of benzene rings is 2. The van der Waals surface area contributed by atoms with Gasteiger partial charge in [0.05, 0.1) is 11.1 Å². The van der Waals surface area contributed by atoms with Gasteiger partial charge in [-0.15, -0.1) is 0 Å². The summed E-state index contributed by atoms with van der Waals surface area (Å²) in [7, 11) is 0. The van der Waals surface area contributed by atoms with E-state index in [1.807, 2.05) is 0 Å². The molecule has 1 aliphatic heterocycles. The molecule has 0 saturated heterocycles. The molecule has 1 aliphatic rings. The van der Waals surface area contributed by atoms with Gasteiger partial charge in [-0.05, 0) is 36.8 Å². The van der Waals surface area contributed by atoms with E-state index in [9.17, 15) is 23.6 Å². The Kier molecular flexibility index (Phi) is 5.49. The van der Waals surface area contributed by atoms with Crippen molar-refractivity contribution in [3.63, 3.8) is 0 Å². The molecule has 7 nitrogen and oxygen atoms in total. The van der Waals surface area contributed by atoms with Crippen LogP contribution in [0.2, 0.25) is 0 Å². The number of ether oxygens (including phenoxy) is 1. The van der Waals surface area contributed by atoms with E-state index in [2.05, 4.69) is 5.32 Å². The number of carbonyl (C=O) groups excluding carboxylic acids is 4. The zero-order chi connectivity index (χ0) is 20.3. The number of amides is 3. The van der Waals surface area contributed by atoms with Crippen LogP contribution in [0.3, 0.4) is 0 Å². The summed E-state index contributed by atoms with van der Waals surface area (Å²) in [6.45, 7) is 0.943. The maximum atomic E-state index is 12.8.